The molecule has 3 aliphatic rings. The van der Waals surface area contributed by atoms with Crippen molar-refractivity contribution in [1.82, 2.24) is 9.88 Å². The quantitative estimate of drug-likeness (QED) is 0.418. The molecule has 0 saturated heterocycles. The second-order valence-electron chi connectivity index (χ2n) is 9.19. The summed E-state index contributed by atoms with van der Waals surface area (Å²) in [5.74, 6) is 0.463. The Balaban J connectivity index is 1.73. The number of fused-ring (bicyclic) bond motifs is 2. The Morgan fingerprint density at radius 3 is 2.67 bits per heavy atom. The molecule has 0 N–H and O–H groups in total. The molecule has 0 bridgehead atoms. The van der Waals surface area contributed by atoms with E-state index in [1.165, 1.54) is 69.4 Å². The highest BCUT2D eigenvalue weighted by Crippen LogP contribution is 2.43. The average molecular weight is 397 g/mol. The van der Waals surface area contributed by atoms with E-state index in [9.17, 15) is 0 Å². The fourth-order valence-electron chi connectivity index (χ4n) is 5.41. The molecule has 0 fully saturated rings. The fraction of sp³-hybridized carbons (Fsp3) is 0.393. The standard InChI is InChI=1S/C28H32N2/c1-6-9-19(7-2)23(20-12-13-20)15-26-28-24(16-30(26)5)22-11-8-10-21-18(4)17(3)14-25(29-28)27(21)22/h7,12-15,20H,2,6,8-11,16H2,1,3-5H3/b23-19-,26-15-. The SMILES string of the molecule is C=C/C(CCC)=C(\C=C1\c2nc3cc(C)c(C)c4c3c(c2CN1C)CCC4)C1C=C1. The van der Waals surface area contributed by atoms with Gasteiger partial charge in [-0.15, -0.1) is 0 Å². The van der Waals surface area contributed by atoms with E-state index in [-0.39, 0.29) is 0 Å². The number of aromatic nitrogens is 1. The molecule has 0 spiro atoms. The van der Waals surface area contributed by atoms with Gasteiger partial charge in [0.15, 0.2) is 0 Å². The summed E-state index contributed by atoms with van der Waals surface area (Å²) in [5, 5.41) is 1.45. The van der Waals surface area contributed by atoms with Crippen LogP contribution in [0.5, 0.6) is 0 Å². The van der Waals surface area contributed by atoms with Crippen LogP contribution in [0.4, 0.5) is 0 Å². The van der Waals surface area contributed by atoms with Crippen LogP contribution in [0.2, 0.25) is 0 Å². The number of hydrogen-bond acceptors (Lipinski definition) is 2. The minimum absolute atomic E-state index is 0.463. The lowest BCUT2D eigenvalue weighted by Gasteiger charge is -2.22. The number of rotatable bonds is 5. The van der Waals surface area contributed by atoms with Gasteiger partial charge in [-0.2, -0.15) is 0 Å². The lowest BCUT2D eigenvalue weighted by Crippen LogP contribution is -2.10. The molecule has 1 aliphatic heterocycles. The Kier molecular flexibility index (Phi) is 4.69. The van der Waals surface area contributed by atoms with Crippen molar-refractivity contribution in [1.29, 1.82) is 0 Å². The second kappa shape index (κ2) is 7.27. The van der Waals surface area contributed by atoms with E-state index in [1.54, 1.807) is 11.1 Å². The molecule has 0 saturated carbocycles. The topological polar surface area (TPSA) is 16.1 Å². The fourth-order valence-corrected chi connectivity index (χ4v) is 5.41. The summed E-state index contributed by atoms with van der Waals surface area (Å²) >= 11 is 0. The third-order valence-electron chi connectivity index (χ3n) is 7.21. The van der Waals surface area contributed by atoms with Gasteiger partial charge in [0.2, 0.25) is 0 Å². The molecule has 0 atom stereocenters. The largest absolute Gasteiger partial charge is 0.368 e. The number of benzene rings is 1. The minimum atomic E-state index is 0.463. The van der Waals surface area contributed by atoms with Crippen LogP contribution in [-0.2, 0) is 19.4 Å². The smallest absolute Gasteiger partial charge is 0.0923 e. The van der Waals surface area contributed by atoms with Gasteiger partial charge in [0.1, 0.15) is 0 Å². The Morgan fingerprint density at radius 1 is 1.20 bits per heavy atom. The Bertz CT molecular complexity index is 1150. The lowest BCUT2D eigenvalue weighted by molar-refractivity contribution is 0.498. The van der Waals surface area contributed by atoms with Gasteiger partial charge < -0.3 is 4.90 Å². The number of allylic oxidation sites excluding steroid dienone is 6. The van der Waals surface area contributed by atoms with E-state index < -0.39 is 0 Å². The van der Waals surface area contributed by atoms with Crippen molar-refractivity contribution >= 4 is 16.6 Å². The van der Waals surface area contributed by atoms with Gasteiger partial charge in [0.05, 0.1) is 16.9 Å². The molecular formula is C28H32N2. The summed E-state index contributed by atoms with van der Waals surface area (Å²) in [5.41, 5.74) is 13.8. The van der Waals surface area contributed by atoms with Crippen LogP contribution >= 0.6 is 0 Å². The van der Waals surface area contributed by atoms with Crippen LogP contribution < -0.4 is 0 Å². The van der Waals surface area contributed by atoms with Crippen LogP contribution in [0.1, 0.15) is 59.7 Å². The van der Waals surface area contributed by atoms with E-state index in [1.807, 2.05) is 0 Å². The number of hydrogen-bond donors (Lipinski definition) is 0. The maximum atomic E-state index is 5.28. The van der Waals surface area contributed by atoms with E-state index in [2.05, 4.69) is 69.7 Å². The first-order chi connectivity index (χ1) is 14.5. The zero-order chi connectivity index (χ0) is 21.0. The van der Waals surface area contributed by atoms with E-state index >= 15 is 0 Å². The van der Waals surface area contributed by atoms with Gasteiger partial charge in [-0.3, -0.25) is 0 Å². The zero-order valence-electron chi connectivity index (χ0n) is 18.8. The van der Waals surface area contributed by atoms with Crippen molar-refractivity contribution in [2.24, 2.45) is 5.92 Å². The molecule has 0 amide bonds. The highest BCUT2D eigenvalue weighted by atomic mass is 15.1. The first-order valence-electron chi connectivity index (χ1n) is 11.4. The molecule has 30 heavy (non-hydrogen) atoms. The van der Waals surface area contributed by atoms with Crippen LogP contribution in [0.3, 0.4) is 0 Å². The van der Waals surface area contributed by atoms with Crippen LogP contribution in [-0.4, -0.2) is 16.9 Å². The van der Waals surface area contributed by atoms with Crippen molar-refractivity contribution in [3.05, 3.63) is 81.6 Å². The Hall–Kier alpha value is -2.61. The predicted molar refractivity (Wildman–Crippen MR) is 127 cm³/mol. The molecule has 1 aromatic carbocycles. The molecule has 154 valence electrons. The zero-order valence-corrected chi connectivity index (χ0v) is 18.8. The van der Waals surface area contributed by atoms with E-state index in [0.717, 1.165) is 19.4 Å². The van der Waals surface area contributed by atoms with Crippen molar-refractivity contribution in [3.63, 3.8) is 0 Å². The molecule has 1 aromatic heterocycles. The molecule has 2 heterocycles. The lowest BCUT2D eigenvalue weighted by atomic mass is 9.83. The maximum Gasteiger partial charge on any atom is 0.0923 e. The second-order valence-corrected chi connectivity index (χ2v) is 9.19. The molecular weight excluding hydrogens is 364 g/mol. The summed E-state index contributed by atoms with van der Waals surface area (Å²) in [6.45, 7) is 11.8. The molecule has 0 unspecified atom stereocenters. The molecule has 2 nitrogen and oxygen atoms in total. The van der Waals surface area contributed by atoms with Gasteiger partial charge in [-0.1, -0.05) is 38.2 Å². The summed E-state index contributed by atoms with van der Waals surface area (Å²) in [7, 11) is 2.22. The highest BCUT2D eigenvalue weighted by molar-refractivity contribution is 5.92. The van der Waals surface area contributed by atoms with Crippen LogP contribution in [0.25, 0.3) is 16.6 Å². The third-order valence-corrected chi connectivity index (χ3v) is 7.21. The van der Waals surface area contributed by atoms with Gasteiger partial charge in [0, 0.05) is 30.5 Å². The molecule has 0 radical (unpaired) electrons. The summed E-state index contributed by atoms with van der Waals surface area (Å²) in [6.07, 6.45) is 14.9. The Morgan fingerprint density at radius 2 is 1.97 bits per heavy atom. The van der Waals surface area contributed by atoms with Crippen LogP contribution in [0, 0.1) is 19.8 Å². The first-order valence-corrected chi connectivity index (χ1v) is 11.4. The summed E-state index contributed by atoms with van der Waals surface area (Å²) < 4.78 is 0. The third kappa shape index (κ3) is 2.96. The van der Waals surface area contributed by atoms with Crippen molar-refractivity contribution in [2.75, 3.05) is 7.05 Å². The van der Waals surface area contributed by atoms with Gasteiger partial charge >= 0.3 is 0 Å². The van der Waals surface area contributed by atoms with Crippen LogP contribution in [0.15, 0.2) is 48.1 Å². The molecule has 5 rings (SSSR count). The van der Waals surface area contributed by atoms with Crippen molar-refractivity contribution < 1.29 is 0 Å². The van der Waals surface area contributed by atoms with Gasteiger partial charge in [-0.05, 0) is 85.1 Å². The van der Waals surface area contributed by atoms with Gasteiger partial charge in [0.25, 0.3) is 0 Å². The first kappa shape index (κ1) is 19.4. The highest BCUT2D eigenvalue weighted by Gasteiger charge is 2.31. The predicted octanol–water partition coefficient (Wildman–Crippen LogP) is 6.60. The van der Waals surface area contributed by atoms with Gasteiger partial charge in [-0.25, -0.2) is 4.98 Å². The maximum absolute atomic E-state index is 5.28. The number of nitrogens with zero attached hydrogens (tertiary/aromatic N) is 2. The number of aryl methyl sites for hydroxylation is 3. The summed E-state index contributed by atoms with van der Waals surface area (Å²) in [6, 6.07) is 2.31. The van der Waals surface area contributed by atoms with Crippen molar-refractivity contribution in [3.8, 4) is 0 Å². The van der Waals surface area contributed by atoms with Crippen molar-refractivity contribution in [2.45, 2.75) is 59.4 Å². The average Bonchev–Trinajstić information content (AvgIpc) is 3.53. The minimum Gasteiger partial charge on any atom is -0.368 e. The Labute approximate surface area is 180 Å². The molecule has 2 aromatic rings. The van der Waals surface area contributed by atoms with E-state index in [0.29, 0.717) is 5.92 Å². The number of pyridine rings is 1. The molecule has 2 aliphatic carbocycles. The monoisotopic (exact) mass is 396 g/mol. The normalized spacial score (nSPS) is 19.5. The van der Waals surface area contributed by atoms with E-state index in [4.69, 9.17) is 4.98 Å². The summed E-state index contributed by atoms with van der Waals surface area (Å²) in [4.78, 5) is 7.68. The molecule has 2 heteroatoms.